The maximum absolute atomic E-state index is 15.2. The fourth-order valence-electron chi connectivity index (χ4n) is 4.75. The minimum Gasteiger partial charge on any atom is -0.383 e. The van der Waals surface area contributed by atoms with Crippen molar-refractivity contribution in [3.8, 4) is 0 Å². The lowest BCUT2D eigenvalue weighted by Crippen LogP contribution is -2.42. The van der Waals surface area contributed by atoms with Gasteiger partial charge >= 0.3 is 0 Å². The molecule has 2 aromatic carbocycles. The number of carbonyl (C=O) groups is 2. The Labute approximate surface area is 193 Å². The van der Waals surface area contributed by atoms with Crippen LogP contribution in [0.15, 0.2) is 59.8 Å². The fourth-order valence-corrected chi connectivity index (χ4v) is 4.75. The summed E-state index contributed by atoms with van der Waals surface area (Å²) in [6.07, 6.45) is 1.02. The van der Waals surface area contributed by atoms with E-state index in [1.54, 1.807) is 25.3 Å². The highest BCUT2D eigenvalue weighted by Gasteiger charge is 2.42. The highest BCUT2D eigenvalue weighted by molar-refractivity contribution is 6.01. The average Bonchev–Trinajstić information content (AvgIpc) is 2.88. The summed E-state index contributed by atoms with van der Waals surface area (Å²) in [7, 11) is 1.57. The number of nitrogens with zero attached hydrogens (tertiary/aromatic N) is 1. The largest absolute Gasteiger partial charge is 0.383 e. The molecule has 1 heterocycles. The summed E-state index contributed by atoms with van der Waals surface area (Å²) in [5.41, 5.74) is 3.01. The number of hydrogen-bond donors (Lipinski definition) is 2. The lowest BCUT2D eigenvalue weighted by atomic mass is 9.73. The zero-order chi connectivity index (χ0) is 23.6. The Morgan fingerprint density at radius 3 is 2.67 bits per heavy atom. The second kappa shape index (κ2) is 9.35. The van der Waals surface area contributed by atoms with Gasteiger partial charge in [0.05, 0.1) is 30.6 Å². The number of amides is 1. The van der Waals surface area contributed by atoms with Gasteiger partial charge in [-0.3, -0.25) is 9.59 Å². The van der Waals surface area contributed by atoms with Gasteiger partial charge in [0, 0.05) is 36.9 Å². The topological polar surface area (TPSA) is 70.7 Å². The maximum atomic E-state index is 15.2. The van der Waals surface area contributed by atoms with Crippen molar-refractivity contribution in [2.45, 2.75) is 32.7 Å². The van der Waals surface area contributed by atoms with Crippen LogP contribution in [0.4, 0.5) is 15.8 Å². The van der Waals surface area contributed by atoms with E-state index < -0.39 is 11.9 Å². The van der Waals surface area contributed by atoms with Gasteiger partial charge in [0.2, 0.25) is 5.91 Å². The number of nitrogens with one attached hydrogen (secondary N) is 2. The van der Waals surface area contributed by atoms with Crippen LogP contribution in [0.1, 0.15) is 38.3 Å². The Kier molecular flexibility index (Phi) is 6.51. The summed E-state index contributed by atoms with van der Waals surface area (Å²) in [5.74, 6) is -0.661. The van der Waals surface area contributed by atoms with Crippen LogP contribution in [0, 0.1) is 11.2 Å². The zero-order valence-corrected chi connectivity index (χ0v) is 19.3. The molecule has 0 aromatic heterocycles. The van der Waals surface area contributed by atoms with Gasteiger partial charge in [0.1, 0.15) is 5.82 Å². The fraction of sp³-hybridized carbons (Fsp3) is 0.385. The predicted molar refractivity (Wildman–Crippen MR) is 126 cm³/mol. The van der Waals surface area contributed by atoms with E-state index in [0.717, 1.165) is 17.1 Å². The second-order valence-electron chi connectivity index (χ2n) is 9.37. The summed E-state index contributed by atoms with van der Waals surface area (Å²) in [6.45, 7) is 4.85. The molecule has 1 unspecified atom stereocenters. The van der Waals surface area contributed by atoms with Crippen LogP contribution in [0.2, 0.25) is 0 Å². The van der Waals surface area contributed by atoms with Crippen molar-refractivity contribution in [1.82, 2.24) is 5.32 Å². The third-order valence-corrected chi connectivity index (χ3v) is 6.15. The summed E-state index contributed by atoms with van der Waals surface area (Å²) in [6, 6.07) is 13.4. The molecule has 0 saturated carbocycles. The van der Waals surface area contributed by atoms with Crippen molar-refractivity contribution in [2.75, 3.05) is 37.0 Å². The molecule has 2 aromatic rings. The highest BCUT2D eigenvalue weighted by atomic mass is 19.1. The van der Waals surface area contributed by atoms with E-state index in [4.69, 9.17) is 4.74 Å². The van der Waals surface area contributed by atoms with E-state index in [1.165, 1.54) is 6.07 Å². The zero-order valence-electron chi connectivity index (χ0n) is 19.3. The number of methoxy groups -OCH3 is 1. The van der Waals surface area contributed by atoms with Crippen molar-refractivity contribution < 1.29 is 18.7 Å². The molecule has 1 aliphatic carbocycles. The molecule has 2 aliphatic rings. The standard InChI is InChI=1S/C26H30FN3O3/c1-26(2)14-20-24(22(31)15-26)25(17-8-4-5-9-18(17)27)30(16-23(32)28-12-13-33-3)21-11-7-6-10-19(21)29-20/h4-11,25,29H,12-16H2,1-3H3,(H,28,32). The van der Waals surface area contributed by atoms with E-state index in [2.05, 4.69) is 24.5 Å². The summed E-state index contributed by atoms with van der Waals surface area (Å²) in [4.78, 5) is 28.2. The Bertz CT molecular complexity index is 1100. The lowest BCUT2D eigenvalue weighted by Gasteiger charge is -2.38. The number of ether oxygens (including phenoxy) is 1. The summed E-state index contributed by atoms with van der Waals surface area (Å²) < 4.78 is 20.2. The van der Waals surface area contributed by atoms with Crippen LogP contribution in [0.25, 0.3) is 0 Å². The number of para-hydroxylation sites is 2. The number of halogens is 1. The molecule has 0 saturated heterocycles. The molecule has 1 atom stereocenters. The first-order chi connectivity index (χ1) is 15.8. The van der Waals surface area contributed by atoms with Crippen molar-refractivity contribution in [1.29, 1.82) is 0 Å². The first kappa shape index (κ1) is 23.0. The Balaban J connectivity index is 1.88. The average molecular weight is 452 g/mol. The van der Waals surface area contributed by atoms with Gasteiger partial charge in [-0.15, -0.1) is 0 Å². The molecule has 6 nitrogen and oxygen atoms in total. The molecule has 33 heavy (non-hydrogen) atoms. The quantitative estimate of drug-likeness (QED) is 0.644. The number of allylic oxidation sites excluding steroid dienone is 1. The summed E-state index contributed by atoms with van der Waals surface area (Å²) in [5, 5.41) is 6.31. The molecular weight excluding hydrogens is 421 g/mol. The first-order valence-corrected chi connectivity index (χ1v) is 11.2. The molecule has 0 spiro atoms. The van der Waals surface area contributed by atoms with Crippen LogP contribution in [0.3, 0.4) is 0 Å². The second-order valence-corrected chi connectivity index (χ2v) is 9.37. The SMILES string of the molecule is COCCNC(=O)CN1c2ccccc2NC2=C(C(=O)CC(C)(C)C2)C1c1ccccc1F. The number of rotatable bonds is 6. The first-order valence-electron chi connectivity index (χ1n) is 11.2. The normalized spacial score (nSPS) is 19.3. The number of hydrogen-bond acceptors (Lipinski definition) is 5. The molecule has 1 amide bonds. The molecule has 0 fully saturated rings. The van der Waals surface area contributed by atoms with Crippen molar-refractivity contribution in [3.05, 3.63) is 71.2 Å². The number of carbonyl (C=O) groups excluding carboxylic acids is 2. The van der Waals surface area contributed by atoms with Gasteiger partial charge in [-0.1, -0.05) is 44.2 Å². The van der Waals surface area contributed by atoms with Gasteiger partial charge in [-0.2, -0.15) is 0 Å². The van der Waals surface area contributed by atoms with Gasteiger partial charge in [0.25, 0.3) is 0 Å². The van der Waals surface area contributed by atoms with Crippen LogP contribution in [0.5, 0.6) is 0 Å². The number of anilines is 2. The van der Waals surface area contributed by atoms with Crippen LogP contribution >= 0.6 is 0 Å². The number of benzene rings is 2. The minimum absolute atomic E-state index is 0.0281. The molecule has 174 valence electrons. The highest BCUT2D eigenvalue weighted by Crippen LogP contribution is 2.48. The predicted octanol–water partition coefficient (Wildman–Crippen LogP) is 4.20. The van der Waals surface area contributed by atoms with E-state index in [0.29, 0.717) is 37.1 Å². The van der Waals surface area contributed by atoms with Crippen LogP contribution in [-0.2, 0) is 14.3 Å². The number of Topliss-reactive ketones (excluding diaryl/α,β-unsaturated/α-hetero) is 1. The van der Waals surface area contributed by atoms with Crippen LogP contribution in [-0.4, -0.2) is 38.5 Å². The van der Waals surface area contributed by atoms with Gasteiger partial charge < -0.3 is 20.3 Å². The smallest absolute Gasteiger partial charge is 0.239 e. The lowest BCUT2D eigenvalue weighted by molar-refractivity contribution is -0.121. The van der Waals surface area contributed by atoms with Crippen LogP contribution < -0.4 is 15.5 Å². The molecule has 0 radical (unpaired) electrons. The number of fused-ring (bicyclic) bond motifs is 1. The van der Waals surface area contributed by atoms with E-state index >= 15 is 4.39 Å². The van der Waals surface area contributed by atoms with Gasteiger partial charge in [0.15, 0.2) is 5.78 Å². The van der Waals surface area contributed by atoms with Gasteiger partial charge in [-0.25, -0.2) is 4.39 Å². The molecular formula is C26H30FN3O3. The Morgan fingerprint density at radius 1 is 1.18 bits per heavy atom. The monoisotopic (exact) mass is 451 g/mol. The third-order valence-electron chi connectivity index (χ3n) is 6.15. The van der Waals surface area contributed by atoms with E-state index in [-0.39, 0.29) is 23.7 Å². The number of ketones is 1. The molecule has 0 bridgehead atoms. The Hall–Kier alpha value is -3.19. The van der Waals surface area contributed by atoms with Crippen molar-refractivity contribution >= 4 is 23.1 Å². The minimum atomic E-state index is -0.728. The molecule has 4 rings (SSSR count). The van der Waals surface area contributed by atoms with E-state index in [1.807, 2.05) is 29.2 Å². The summed E-state index contributed by atoms with van der Waals surface area (Å²) >= 11 is 0. The van der Waals surface area contributed by atoms with Crippen molar-refractivity contribution in [3.63, 3.8) is 0 Å². The maximum Gasteiger partial charge on any atom is 0.239 e. The third kappa shape index (κ3) is 4.78. The Morgan fingerprint density at radius 2 is 1.91 bits per heavy atom. The molecule has 1 aliphatic heterocycles. The molecule has 7 heteroatoms. The van der Waals surface area contributed by atoms with E-state index in [9.17, 15) is 9.59 Å². The molecule has 2 N–H and O–H groups in total. The van der Waals surface area contributed by atoms with Crippen molar-refractivity contribution in [2.24, 2.45) is 5.41 Å². The van der Waals surface area contributed by atoms with Gasteiger partial charge in [-0.05, 0) is 30.0 Å².